The van der Waals surface area contributed by atoms with E-state index < -0.39 is 0 Å². The van der Waals surface area contributed by atoms with E-state index in [2.05, 4.69) is 10.3 Å². The second-order valence-electron chi connectivity index (χ2n) is 4.90. The van der Waals surface area contributed by atoms with Crippen molar-refractivity contribution in [2.24, 2.45) is 0 Å². The molecule has 0 radical (unpaired) electrons. The molecule has 1 aliphatic rings. The molecule has 0 atom stereocenters. The van der Waals surface area contributed by atoms with E-state index in [4.69, 9.17) is 21.1 Å². The molecule has 0 bridgehead atoms. The lowest BCUT2D eigenvalue weighted by molar-refractivity contribution is -0.120. The summed E-state index contributed by atoms with van der Waals surface area (Å²) < 4.78 is 11.0. The summed E-state index contributed by atoms with van der Waals surface area (Å²) in [6, 6.07) is 3.54. The molecule has 0 unspecified atom stereocenters. The third-order valence-electron chi connectivity index (χ3n) is 3.15. The summed E-state index contributed by atoms with van der Waals surface area (Å²) in [6.07, 6.45) is 2.02. The van der Waals surface area contributed by atoms with Crippen molar-refractivity contribution in [3.63, 3.8) is 0 Å². The molecule has 0 saturated heterocycles. The van der Waals surface area contributed by atoms with Gasteiger partial charge in [-0.05, 0) is 24.6 Å². The van der Waals surface area contributed by atoms with Gasteiger partial charge >= 0.3 is 0 Å². The number of fused-ring (bicyclic) bond motifs is 1. The van der Waals surface area contributed by atoms with E-state index in [0.29, 0.717) is 36.3 Å². The number of benzene rings is 1. The van der Waals surface area contributed by atoms with Crippen LogP contribution in [0.5, 0.6) is 11.5 Å². The Morgan fingerprint density at radius 1 is 1.41 bits per heavy atom. The number of carbonyl (C=O) groups is 1. The zero-order chi connectivity index (χ0) is 15.5. The van der Waals surface area contributed by atoms with Gasteiger partial charge in [-0.3, -0.25) is 4.79 Å². The molecular weight excluding hydrogens is 324 g/mol. The van der Waals surface area contributed by atoms with Crippen molar-refractivity contribution < 1.29 is 14.3 Å². The second-order valence-corrected chi connectivity index (χ2v) is 6.63. The van der Waals surface area contributed by atoms with E-state index in [0.717, 1.165) is 15.4 Å². The van der Waals surface area contributed by atoms with Crippen LogP contribution in [-0.2, 0) is 17.8 Å². The maximum Gasteiger partial charge on any atom is 0.224 e. The van der Waals surface area contributed by atoms with Gasteiger partial charge in [0.25, 0.3) is 0 Å². The number of amides is 1. The summed E-state index contributed by atoms with van der Waals surface area (Å²) in [5.74, 6) is 1.08. The highest BCUT2D eigenvalue weighted by molar-refractivity contribution is 7.11. The summed E-state index contributed by atoms with van der Waals surface area (Å²) >= 11 is 7.74. The highest BCUT2D eigenvalue weighted by atomic mass is 35.5. The number of halogens is 1. The van der Waals surface area contributed by atoms with Crippen LogP contribution in [0, 0.1) is 6.92 Å². The van der Waals surface area contributed by atoms with E-state index >= 15 is 0 Å². The fourth-order valence-corrected chi connectivity index (χ4v) is 3.21. The smallest absolute Gasteiger partial charge is 0.224 e. The van der Waals surface area contributed by atoms with Crippen molar-refractivity contribution in [2.45, 2.75) is 19.9 Å². The molecule has 0 fully saturated rings. The Morgan fingerprint density at radius 3 is 3.00 bits per heavy atom. The molecule has 1 amide bonds. The van der Waals surface area contributed by atoms with Crippen LogP contribution < -0.4 is 14.8 Å². The summed E-state index contributed by atoms with van der Waals surface area (Å²) in [5.41, 5.74) is 0.798. The maximum atomic E-state index is 12.0. The van der Waals surface area contributed by atoms with Crippen LogP contribution in [0.1, 0.15) is 15.4 Å². The summed E-state index contributed by atoms with van der Waals surface area (Å²) in [6.45, 7) is 3.40. The molecule has 0 aliphatic carbocycles. The van der Waals surface area contributed by atoms with Crippen LogP contribution >= 0.6 is 22.9 Å². The number of aromatic nitrogens is 1. The molecule has 1 aromatic heterocycles. The number of aryl methyl sites for hydroxylation is 1. The van der Waals surface area contributed by atoms with Gasteiger partial charge in [-0.25, -0.2) is 4.98 Å². The normalized spacial score (nSPS) is 13.0. The zero-order valence-electron chi connectivity index (χ0n) is 12.0. The molecule has 0 spiro atoms. The Kier molecular flexibility index (Phi) is 4.49. The van der Waals surface area contributed by atoms with E-state index in [9.17, 15) is 4.79 Å². The molecule has 1 aliphatic heterocycles. The van der Waals surface area contributed by atoms with Gasteiger partial charge in [-0.1, -0.05) is 11.6 Å². The van der Waals surface area contributed by atoms with E-state index in [1.54, 1.807) is 29.7 Å². The number of hydrogen-bond donors (Lipinski definition) is 1. The Labute approximate surface area is 137 Å². The molecule has 5 nitrogen and oxygen atoms in total. The molecule has 3 rings (SSSR count). The first kappa shape index (κ1) is 15.1. The van der Waals surface area contributed by atoms with Crippen LogP contribution in [0.3, 0.4) is 0 Å². The average Bonchev–Trinajstić information content (AvgIpc) is 2.91. The van der Waals surface area contributed by atoms with Crippen molar-refractivity contribution in [3.8, 4) is 11.5 Å². The molecule has 1 aromatic carbocycles. The van der Waals surface area contributed by atoms with Crippen LogP contribution in [-0.4, -0.2) is 24.1 Å². The number of hydrogen-bond acceptors (Lipinski definition) is 5. The van der Waals surface area contributed by atoms with Gasteiger partial charge in [-0.15, -0.1) is 11.3 Å². The van der Waals surface area contributed by atoms with Crippen LogP contribution in [0.25, 0.3) is 0 Å². The van der Waals surface area contributed by atoms with E-state index in [1.165, 1.54) is 0 Å². The largest absolute Gasteiger partial charge is 0.486 e. The van der Waals surface area contributed by atoms with Crippen molar-refractivity contribution >= 4 is 28.8 Å². The van der Waals surface area contributed by atoms with Crippen molar-refractivity contribution in [1.29, 1.82) is 0 Å². The lowest BCUT2D eigenvalue weighted by Crippen LogP contribution is -2.24. The molecule has 2 aromatic rings. The number of nitrogens with one attached hydrogen (secondary N) is 1. The highest BCUT2D eigenvalue weighted by Crippen LogP contribution is 2.38. The third-order valence-corrected chi connectivity index (χ3v) is 4.34. The average molecular weight is 339 g/mol. The molecule has 2 heterocycles. The quantitative estimate of drug-likeness (QED) is 0.931. The van der Waals surface area contributed by atoms with Crippen molar-refractivity contribution in [2.75, 3.05) is 13.2 Å². The van der Waals surface area contributed by atoms with Crippen molar-refractivity contribution in [3.05, 3.63) is 38.8 Å². The maximum absolute atomic E-state index is 12.0. The van der Waals surface area contributed by atoms with Gasteiger partial charge < -0.3 is 14.8 Å². The Hall–Kier alpha value is -1.79. The number of ether oxygens (including phenoxy) is 2. The number of carbonyl (C=O) groups excluding carboxylic acids is 1. The molecule has 22 heavy (non-hydrogen) atoms. The van der Waals surface area contributed by atoms with Crippen LogP contribution in [0.4, 0.5) is 0 Å². The highest BCUT2D eigenvalue weighted by Gasteiger charge is 2.17. The fraction of sp³-hybridized carbons (Fsp3) is 0.333. The van der Waals surface area contributed by atoms with E-state index in [1.807, 2.05) is 6.92 Å². The SMILES string of the molecule is Cc1ncc(CNC(=O)Cc2cc(Cl)c3c(c2)OCCO3)s1. The van der Waals surface area contributed by atoms with Crippen molar-refractivity contribution in [1.82, 2.24) is 10.3 Å². The minimum Gasteiger partial charge on any atom is -0.486 e. The monoisotopic (exact) mass is 338 g/mol. The Morgan fingerprint density at radius 2 is 2.23 bits per heavy atom. The predicted molar refractivity (Wildman–Crippen MR) is 84.8 cm³/mol. The summed E-state index contributed by atoms with van der Waals surface area (Å²) in [7, 11) is 0. The standard InChI is InChI=1S/C15H15ClN2O3S/c1-9-17-7-11(22-9)8-18-14(19)6-10-4-12(16)15-13(5-10)20-2-3-21-15/h4-5,7H,2-3,6,8H2,1H3,(H,18,19). The summed E-state index contributed by atoms with van der Waals surface area (Å²) in [4.78, 5) is 17.2. The van der Waals surface area contributed by atoms with Gasteiger partial charge in [-0.2, -0.15) is 0 Å². The molecular formula is C15H15ClN2O3S. The lowest BCUT2D eigenvalue weighted by Gasteiger charge is -2.20. The van der Waals surface area contributed by atoms with E-state index in [-0.39, 0.29) is 12.3 Å². The Bertz CT molecular complexity index is 702. The first-order valence-corrected chi connectivity index (χ1v) is 8.07. The molecule has 116 valence electrons. The third kappa shape index (κ3) is 3.51. The molecule has 0 saturated carbocycles. The number of rotatable bonds is 4. The first-order valence-electron chi connectivity index (χ1n) is 6.88. The molecule has 7 heteroatoms. The second kappa shape index (κ2) is 6.54. The number of nitrogens with zero attached hydrogens (tertiary/aromatic N) is 1. The molecule has 1 N–H and O–H groups in total. The van der Waals surface area contributed by atoms with Gasteiger partial charge in [0.15, 0.2) is 11.5 Å². The van der Waals surface area contributed by atoms with Gasteiger partial charge in [0.05, 0.1) is 23.0 Å². The van der Waals surface area contributed by atoms with Crippen LogP contribution in [0.15, 0.2) is 18.3 Å². The van der Waals surface area contributed by atoms with Gasteiger partial charge in [0, 0.05) is 11.1 Å². The first-order chi connectivity index (χ1) is 10.6. The zero-order valence-corrected chi connectivity index (χ0v) is 13.6. The fourth-order valence-electron chi connectivity index (χ4n) is 2.19. The van der Waals surface area contributed by atoms with Gasteiger partial charge in [0.1, 0.15) is 13.2 Å². The minimum atomic E-state index is -0.0706. The van der Waals surface area contributed by atoms with Gasteiger partial charge in [0.2, 0.25) is 5.91 Å². The minimum absolute atomic E-state index is 0.0706. The predicted octanol–water partition coefficient (Wildman–Crippen LogP) is 2.74. The topological polar surface area (TPSA) is 60.5 Å². The number of thiazole rings is 1. The van der Waals surface area contributed by atoms with Crippen LogP contribution in [0.2, 0.25) is 5.02 Å². The Balaban J connectivity index is 1.62. The summed E-state index contributed by atoms with van der Waals surface area (Å²) in [5, 5.41) is 4.34. The lowest BCUT2D eigenvalue weighted by atomic mass is 10.1.